The van der Waals surface area contributed by atoms with E-state index >= 15 is 0 Å². The predicted octanol–water partition coefficient (Wildman–Crippen LogP) is 2.92. The molecule has 0 radical (unpaired) electrons. The number of nitrogens with zero attached hydrogens (tertiary/aromatic N) is 1. The number of carbonyl (C=O) groups excluding carboxylic acids is 1. The Morgan fingerprint density at radius 3 is 2.24 bits per heavy atom. The Kier molecular flexibility index (Phi) is 6.64. The number of hydrogen-bond acceptors (Lipinski definition) is 12. The zero-order chi connectivity index (χ0) is 28.0. The third-order valence-electron chi connectivity index (χ3n) is 5.04. The maximum absolute atomic E-state index is 13.8. The lowest BCUT2D eigenvalue weighted by Gasteiger charge is -2.32. The zero-order valence-electron chi connectivity index (χ0n) is 19.4. The number of benzene rings is 2. The topological polar surface area (TPSA) is 153 Å². The smallest absolute Gasteiger partial charge is 0.493 e. The fraction of sp³-hybridized carbons (Fsp3) is 0.250. The molecule has 2 heterocycles. The Hall–Kier alpha value is -4.06. The van der Waals surface area contributed by atoms with Gasteiger partial charge in [-0.2, -0.15) is 25.9 Å². The predicted molar refractivity (Wildman–Crippen MR) is 118 cm³/mol. The number of methoxy groups -OCH3 is 3. The number of ether oxygens (including phenoxy) is 6. The van der Waals surface area contributed by atoms with Gasteiger partial charge in [0.2, 0.25) is 12.6 Å². The molecule has 0 bridgehead atoms. The summed E-state index contributed by atoms with van der Waals surface area (Å²) in [5.74, 6) is -2.79. The summed E-state index contributed by atoms with van der Waals surface area (Å²) in [7, 11) is -8.21. The summed E-state index contributed by atoms with van der Waals surface area (Å²) in [6, 6.07) is 5.20. The number of fused-ring (bicyclic) bond motifs is 2. The number of carbonyl (C=O) groups is 1. The van der Waals surface area contributed by atoms with Crippen molar-refractivity contribution in [1.82, 2.24) is 0 Å². The highest BCUT2D eigenvalue weighted by Gasteiger charge is 2.52. The summed E-state index contributed by atoms with van der Waals surface area (Å²) >= 11 is 0. The zero-order valence-corrected chi connectivity index (χ0v) is 21.0. The Morgan fingerprint density at radius 2 is 1.63 bits per heavy atom. The van der Waals surface area contributed by atoms with E-state index < -0.39 is 53.9 Å². The van der Waals surface area contributed by atoms with Crippen LogP contribution in [0.1, 0.15) is 5.56 Å². The van der Waals surface area contributed by atoms with Gasteiger partial charge in [-0.05, 0) is 18.2 Å². The first kappa shape index (κ1) is 27.0. The van der Waals surface area contributed by atoms with Gasteiger partial charge in [0, 0.05) is 17.7 Å². The van der Waals surface area contributed by atoms with Gasteiger partial charge in [0.25, 0.3) is 15.9 Å². The Balaban J connectivity index is 2.10. The van der Waals surface area contributed by atoms with Gasteiger partial charge >= 0.3 is 21.8 Å². The molecular weight excluding hydrogens is 567 g/mol. The van der Waals surface area contributed by atoms with Crippen LogP contribution in [0.15, 0.2) is 41.1 Å². The van der Waals surface area contributed by atoms with E-state index in [1.54, 1.807) is 0 Å². The number of alkyl halides is 3. The molecule has 2 aliphatic rings. The summed E-state index contributed by atoms with van der Waals surface area (Å²) in [6.07, 6.45) is -1.62. The number of hydrogen-bond donors (Lipinski definition) is 0. The molecule has 0 aromatic heterocycles. The van der Waals surface area contributed by atoms with Crippen molar-refractivity contribution in [2.75, 3.05) is 32.4 Å². The van der Waals surface area contributed by atoms with Crippen LogP contribution >= 0.6 is 0 Å². The van der Waals surface area contributed by atoms with Crippen LogP contribution in [-0.4, -0.2) is 56.6 Å². The van der Waals surface area contributed by atoms with Gasteiger partial charge in [0.1, 0.15) is 4.90 Å². The fourth-order valence-corrected chi connectivity index (χ4v) is 5.47. The molecule has 38 heavy (non-hydrogen) atoms. The van der Waals surface area contributed by atoms with E-state index in [-0.39, 0.29) is 39.8 Å². The quantitative estimate of drug-likeness (QED) is 0.279. The molecule has 13 nitrogen and oxygen atoms in total. The van der Waals surface area contributed by atoms with Gasteiger partial charge in [0.15, 0.2) is 23.0 Å². The van der Waals surface area contributed by atoms with Crippen LogP contribution in [0.4, 0.5) is 23.7 Å². The average Bonchev–Trinajstić information content (AvgIpc) is 3.32. The Bertz CT molecular complexity index is 1550. The lowest BCUT2D eigenvalue weighted by Crippen LogP contribution is -2.38. The van der Waals surface area contributed by atoms with Crippen LogP contribution in [0, 0.1) is 0 Å². The van der Waals surface area contributed by atoms with Gasteiger partial charge in [-0.15, -0.1) is 0 Å². The molecule has 18 heteroatoms. The summed E-state index contributed by atoms with van der Waals surface area (Å²) in [6.45, 7) is -0.217. The highest BCUT2D eigenvalue weighted by atomic mass is 32.2. The summed E-state index contributed by atoms with van der Waals surface area (Å²) < 4.78 is 126. The third kappa shape index (κ3) is 4.44. The molecule has 2 aromatic carbocycles. The molecule has 0 N–H and O–H groups in total. The van der Waals surface area contributed by atoms with Gasteiger partial charge in [-0.3, -0.25) is 0 Å². The molecule has 0 unspecified atom stereocenters. The molecule has 2 aliphatic heterocycles. The molecule has 2 aromatic rings. The summed E-state index contributed by atoms with van der Waals surface area (Å²) in [5.41, 5.74) is -7.07. The molecular formula is C20H16F3NO12S2. The van der Waals surface area contributed by atoms with Crippen LogP contribution in [0.25, 0.3) is 5.76 Å². The highest BCUT2D eigenvalue weighted by Crippen LogP contribution is 2.48. The average molecular weight is 583 g/mol. The second kappa shape index (κ2) is 9.35. The molecule has 0 spiro atoms. The number of sulfonamides is 1. The Labute approximate surface area is 213 Å². The molecule has 0 saturated carbocycles. The van der Waals surface area contributed by atoms with Crippen molar-refractivity contribution in [1.29, 1.82) is 0 Å². The fourth-order valence-electron chi connectivity index (χ4n) is 3.38. The Morgan fingerprint density at radius 1 is 1.00 bits per heavy atom. The van der Waals surface area contributed by atoms with Crippen LogP contribution in [0.5, 0.6) is 23.0 Å². The van der Waals surface area contributed by atoms with Gasteiger partial charge < -0.3 is 32.6 Å². The summed E-state index contributed by atoms with van der Waals surface area (Å²) in [5, 5.41) is 0. The van der Waals surface area contributed by atoms with E-state index in [4.69, 9.17) is 23.7 Å². The van der Waals surface area contributed by atoms with Crippen molar-refractivity contribution in [3.8, 4) is 23.0 Å². The standard InChI is InChI=1S/C20H16F3NO12S2/c1-30-13-7-11-16(8-14(13)31-2)37(26,27)24(10-4-5-12-15(6-10)34-9-33-12)18(35-19(25)32-3)17(11)36-38(28,29)20(21,22)23/h4-8H,9H2,1-3H3. The van der Waals surface area contributed by atoms with Crippen LogP contribution in [-0.2, 0) is 33.8 Å². The normalized spacial score (nSPS) is 16.0. The van der Waals surface area contributed by atoms with Gasteiger partial charge in [0.05, 0.1) is 27.0 Å². The molecule has 0 atom stereocenters. The molecule has 206 valence electrons. The van der Waals surface area contributed by atoms with E-state index in [1.807, 2.05) is 0 Å². The second-order valence-corrected chi connectivity index (χ2v) is 10.5. The van der Waals surface area contributed by atoms with Crippen molar-refractivity contribution in [2.24, 2.45) is 0 Å². The van der Waals surface area contributed by atoms with E-state index in [9.17, 15) is 34.8 Å². The van der Waals surface area contributed by atoms with Crippen molar-refractivity contribution < 1.29 is 67.4 Å². The lowest BCUT2D eigenvalue weighted by atomic mass is 10.1. The maximum Gasteiger partial charge on any atom is 0.534 e. The van der Waals surface area contributed by atoms with Crippen LogP contribution < -0.4 is 23.3 Å². The van der Waals surface area contributed by atoms with E-state index in [0.717, 1.165) is 45.6 Å². The van der Waals surface area contributed by atoms with Gasteiger partial charge in [-0.1, -0.05) is 0 Å². The first-order valence-electron chi connectivity index (χ1n) is 9.97. The van der Waals surface area contributed by atoms with Crippen molar-refractivity contribution in [3.63, 3.8) is 0 Å². The molecule has 0 saturated heterocycles. The van der Waals surface area contributed by atoms with Crippen molar-refractivity contribution in [3.05, 3.63) is 41.8 Å². The minimum Gasteiger partial charge on any atom is -0.493 e. The van der Waals surface area contributed by atoms with E-state index in [2.05, 4.69) is 8.92 Å². The monoisotopic (exact) mass is 583 g/mol. The van der Waals surface area contributed by atoms with Crippen molar-refractivity contribution >= 4 is 37.7 Å². The second-order valence-electron chi connectivity index (χ2n) is 7.18. The maximum atomic E-state index is 13.8. The number of anilines is 1. The molecule has 4 rings (SSSR count). The minimum atomic E-state index is -6.43. The lowest BCUT2D eigenvalue weighted by molar-refractivity contribution is -0.0510. The van der Waals surface area contributed by atoms with Gasteiger partial charge in [-0.25, -0.2) is 13.2 Å². The van der Waals surface area contributed by atoms with Crippen LogP contribution in [0.2, 0.25) is 0 Å². The van der Waals surface area contributed by atoms with E-state index in [0.29, 0.717) is 0 Å². The summed E-state index contributed by atoms with van der Waals surface area (Å²) in [4.78, 5) is 11.3. The molecule has 0 aliphatic carbocycles. The molecule has 0 fully saturated rings. The highest BCUT2D eigenvalue weighted by molar-refractivity contribution is 7.93. The number of halogens is 3. The first-order valence-corrected chi connectivity index (χ1v) is 12.8. The van der Waals surface area contributed by atoms with Crippen LogP contribution in [0.3, 0.4) is 0 Å². The number of rotatable bonds is 6. The minimum absolute atomic E-state index is 0.0265. The third-order valence-corrected chi connectivity index (χ3v) is 7.75. The first-order chi connectivity index (χ1) is 17.7. The van der Waals surface area contributed by atoms with Crippen molar-refractivity contribution in [2.45, 2.75) is 10.4 Å². The SMILES string of the molecule is COC(=O)OC1=C(OS(=O)(=O)C(F)(F)F)c2cc(OC)c(OC)cc2S(=O)(=O)N1c1ccc2c(c1)OCO2. The largest absolute Gasteiger partial charge is 0.534 e. The van der Waals surface area contributed by atoms with E-state index in [1.165, 1.54) is 6.07 Å². The molecule has 0 amide bonds.